The molecule has 0 aromatic carbocycles. The predicted octanol–water partition coefficient (Wildman–Crippen LogP) is 2.53. The van der Waals surface area contributed by atoms with Crippen molar-refractivity contribution in [3.63, 3.8) is 0 Å². The summed E-state index contributed by atoms with van der Waals surface area (Å²) in [4.78, 5) is 0. The fraction of sp³-hybridized carbons (Fsp3) is 1.00. The lowest BCUT2D eigenvalue weighted by Gasteiger charge is -2.05. The molecule has 0 radical (unpaired) electrons. The Morgan fingerprint density at radius 1 is 1.50 bits per heavy atom. The van der Waals surface area contributed by atoms with Gasteiger partial charge in [0.25, 0.3) is 0 Å². The molecule has 0 aliphatic rings. The molecule has 0 saturated carbocycles. The Morgan fingerprint density at radius 3 is 2.50 bits per heavy atom. The number of hydrogen-bond acceptors (Lipinski definition) is 1. The van der Waals surface area contributed by atoms with Crippen molar-refractivity contribution < 1.29 is 8.97 Å². The number of rotatable bonds is 5. The normalized spacial score (nSPS) is 10.5. The molecule has 1 nitrogen and oxygen atoms in total. The van der Waals surface area contributed by atoms with Gasteiger partial charge in [0.15, 0.2) is 0 Å². The van der Waals surface area contributed by atoms with Crippen LogP contribution >= 0.6 is 0 Å². The van der Waals surface area contributed by atoms with Crippen molar-refractivity contribution in [2.75, 3.05) is 6.61 Å². The highest BCUT2D eigenvalue weighted by Gasteiger charge is 2.14. The van der Waals surface area contributed by atoms with Crippen LogP contribution in [0.4, 0.5) is 4.32 Å². The van der Waals surface area contributed by atoms with Crippen LogP contribution in [0, 0.1) is 5.92 Å². The first-order chi connectivity index (χ1) is 4.66. The van der Waals surface area contributed by atoms with Gasteiger partial charge in [0, 0.05) is 6.61 Å². The minimum atomic E-state index is -1.05. The van der Waals surface area contributed by atoms with Crippen molar-refractivity contribution in [3.8, 4) is 0 Å². The van der Waals surface area contributed by atoms with Crippen LogP contribution in [0.2, 0.25) is 6.32 Å². The van der Waals surface area contributed by atoms with Gasteiger partial charge in [-0.1, -0.05) is 20.3 Å². The molecular weight excluding hydrogens is 130 g/mol. The highest BCUT2D eigenvalue weighted by atomic mass is 19.1. The summed E-state index contributed by atoms with van der Waals surface area (Å²) in [5.41, 5.74) is 0. The Balaban J connectivity index is 3.12. The minimum Gasteiger partial charge on any atom is -0.408 e. The average molecular weight is 146 g/mol. The molecule has 0 atom stereocenters. The summed E-state index contributed by atoms with van der Waals surface area (Å²) in [5, 5.41) is 0. The summed E-state index contributed by atoms with van der Waals surface area (Å²) in [6, 6.07) is 0. The third kappa shape index (κ3) is 6.08. The van der Waals surface area contributed by atoms with E-state index in [1.54, 1.807) is 0 Å². The highest BCUT2D eigenvalue weighted by molar-refractivity contribution is 6.43. The fourth-order valence-corrected chi connectivity index (χ4v) is 0.729. The van der Waals surface area contributed by atoms with Gasteiger partial charge in [-0.25, -0.2) is 0 Å². The van der Waals surface area contributed by atoms with Crippen LogP contribution < -0.4 is 0 Å². The molecule has 0 aliphatic carbocycles. The Kier molecular flexibility index (Phi) is 5.69. The van der Waals surface area contributed by atoms with E-state index in [4.69, 9.17) is 4.65 Å². The molecule has 0 saturated heterocycles. The molecule has 3 heteroatoms. The predicted molar refractivity (Wildman–Crippen MR) is 42.8 cm³/mol. The first-order valence-electron chi connectivity index (χ1n) is 3.92. The lowest BCUT2D eigenvalue weighted by Crippen LogP contribution is -2.12. The maximum atomic E-state index is 12.5. The monoisotopic (exact) mass is 146 g/mol. The van der Waals surface area contributed by atoms with Crippen molar-refractivity contribution in [2.45, 2.75) is 33.5 Å². The highest BCUT2D eigenvalue weighted by Crippen LogP contribution is 2.08. The number of hydrogen-bond donors (Lipinski definition) is 0. The molecule has 0 N–H and O–H groups in total. The van der Waals surface area contributed by atoms with Crippen LogP contribution in [-0.2, 0) is 4.65 Å². The average Bonchev–Trinajstić information content (AvgIpc) is 1.85. The smallest absolute Gasteiger partial charge is 0.408 e. The van der Waals surface area contributed by atoms with Crippen molar-refractivity contribution in [1.29, 1.82) is 0 Å². The molecule has 0 unspecified atom stereocenters. The molecule has 0 amide bonds. The van der Waals surface area contributed by atoms with Crippen LogP contribution in [0.5, 0.6) is 0 Å². The van der Waals surface area contributed by atoms with Gasteiger partial charge in [0.2, 0.25) is 0 Å². The molecule has 0 spiro atoms. The fourth-order valence-electron chi connectivity index (χ4n) is 0.729. The van der Waals surface area contributed by atoms with Gasteiger partial charge in [-0.3, -0.25) is 4.32 Å². The lowest BCUT2D eigenvalue weighted by molar-refractivity contribution is 0.306. The van der Waals surface area contributed by atoms with E-state index in [1.807, 2.05) is 6.92 Å². The molecule has 10 heavy (non-hydrogen) atoms. The second-order valence-electron chi connectivity index (χ2n) is 2.84. The molecule has 0 bridgehead atoms. The Hall–Kier alpha value is -0.0451. The zero-order valence-electron chi connectivity index (χ0n) is 7.06. The summed E-state index contributed by atoms with van der Waals surface area (Å²) in [6.45, 7) is 6.44. The summed E-state index contributed by atoms with van der Waals surface area (Å²) in [7, 11) is -1.05. The topological polar surface area (TPSA) is 9.23 Å². The van der Waals surface area contributed by atoms with E-state index in [0.29, 0.717) is 18.8 Å². The van der Waals surface area contributed by atoms with Crippen molar-refractivity contribution in [2.24, 2.45) is 5.92 Å². The van der Waals surface area contributed by atoms with Gasteiger partial charge in [-0.15, -0.1) is 0 Å². The minimum absolute atomic E-state index is 0.471. The standard InChI is InChI=1S/C7H16BFO/c1-4-10-8(9)6-5-7(2)3/h7H,4-6H2,1-3H3. The second kappa shape index (κ2) is 5.72. The Morgan fingerprint density at radius 2 is 2.10 bits per heavy atom. The van der Waals surface area contributed by atoms with E-state index in [-0.39, 0.29) is 0 Å². The van der Waals surface area contributed by atoms with Crippen LogP contribution in [0.25, 0.3) is 0 Å². The van der Waals surface area contributed by atoms with Gasteiger partial charge in [0.1, 0.15) is 0 Å². The van der Waals surface area contributed by atoms with E-state index in [9.17, 15) is 4.32 Å². The van der Waals surface area contributed by atoms with Crippen LogP contribution in [0.1, 0.15) is 27.2 Å². The Bertz CT molecular complexity index is 78.0. The van der Waals surface area contributed by atoms with Gasteiger partial charge >= 0.3 is 7.19 Å². The summed E-state index contributed by atoms with van der Waals surface area (Å²) in [6.07, 6.45) is 1.44. The van der Waals surface area contributed by atoms with Crippen molar-refractivity contribution >= 4 is 7.19 Å². The first kappa shape index (κ1) is 9.95. The van der Waals surface area contributed by atoms with Crippen LogP contribution in [0.15, 0.2) is 0 Å². The molecule has 0 fully saturated rings. The van der Waals surface area contributed by atoms with E-state index in [0.717, 1.165) is 6.42 Å². The third-order valence-electron chi connectivity index (χ3n) is 1.32. The maximum absolute atomic E-state index is 12.5. The molecule has 60 valence electrons. The molecule has 0 aliphatic heterocycles. The molecule has 0 aromatic heterocycles. The van der Waals surface area contributed by atoms with Crippen LogP contribution in [0.3, 0.4) is 0 Å². The number of halogens is 1. The van der Waals surface area contributed by atoms with E-state index in [1.165, 1.54) is 0 Å². The SMILES string of the molecule is CCOB(F)CCC(C)C. The zero-order valence-corrected chi connectivity index (χ0v) is 7.06. The van der Waals surface area contributed by atoms with E-state index >= 15 is 0 Å². The van der Waals surface area contributed by atoms with Gasteiger partial charge in [-0.2, -0.15) is 0 Å². The third-order valence-corrected chi connectivity index (χ3v) is 1.32. The van der Waals surface area contributed by atoms with E-state index in [2.05, 4.69) is 13.8 Å². The summed E-state index contributed by atoms with van der Waals surface area (Å²) in [5.74, 6) is 0.568. The quantitative estimate of drug-likeness (QED) is 0.541. The van der Waals surface area contributed by atoms with Gasteiger partial charge in [0.05, 0.1) is 0 Å². The molecule has 0 heterocycles. The van der Waals surface area contributed by atoms with Crippen molar-refractivity contribution in [3.05, 3.63) is 0 Å². The van der Waals surface area contributed by atoms with Gasteiger partial charge < -0.3 is 4.65 Å². The molecule has 0 rings (SSSR count). The first-order valence-corrected chi connectivity index (χ1v) is 3.92. The maximum Gasteiger partial charge on any atom is 0.499 e. The summed E-state index contributed by atoms with van der Waals surface area (Å²) < 4.78 is 17.3. The molecular formula is C7H16BFO. The second-order valence-corrected chi connectivity index (χ2v) is 2.84. The van der Waals surface area contributed by atoms with Crippen LogP contribution in [-0.4, -0.2) is 13.8 Å². The zero-order chi connectivity index (χ0) is 7.98. The lowest BCUT2D eigenvalue weighted by atomic mass is 9.84. The van der Waals surface area contributed by atoms with Crippen molar-refractivity contribution in [1.82, 2.24) is 0 Å². The largest absolute Gasteiger partial charge is 0.499 e. The van der Waals surface area contributed by atoms with Gasteiger partial charge in [-0.05, 0) is 19.2 Å². The Labute approximate surface area is 63.1 Å². The summed E-state index contributed by atoms with van der Waals surface area (Å²) >= 11 is 0. The van der Waals surface area contributed by atoms with E-state index < -0.39 is 7.19 Å². The molecule has 0 aromatic rings.